The minimum atomic E-state index is -1.15. The second-order valence-corrected chi connectivity index (χ2v) is 12.1. The minimum Gasteiger partial charge on any atom is -0.361 e. The average Bonchev–Trinajstić information content (AvgIpc) is 2.80. The van der Waals surface area contributed by atoms with Gasteiger partial charge in [-0.05, 0) is 12.1 Å². The second kappa shape index (κ2) is 6.41. The van der Waals surface area contributed by atoms with E-state index >= 15 is 0 Å². The molecule has 0 aliphatic heterocycles. The number of carbonyl (C=O) groups excluding carboxylic acids is 1. The van der Waals surface area contributed by atoms with E-state index in [1.165, 1.54) is 12.1 Å². The van der Waals surface area contributed by atoms with E-state index in [0.29, 0.717) is 23.1 Å². The highest BCUT2D eigenvalue weighted by Crippen LogP contribution is 2.25. The third-order valence-corrected chi connectivity index (χ3v) is 5.17. The summed E-state index contributed by atoms with van der Waals surface area (Å²) < 4.78 is 7.42. The summed E-state index contributed by atoms with van der Waals surface area (Å²) in [6.45, 7) is 7.76. The summed E-state index contributed by atoms with van der Waals surface area (Å²) in [5, 5.41) is 11.6. The van der Waals surface area contributed by atoms with Crippen molar-refractivity contribution in [3.63, 3.8) is 0 Å². The van der Waals surface area contributed by atoms with Crippen LogP contribution in [0.2, 0.25) is 25.7 Å². The third-order valence-electron chi connectivity index (χ3n) is 3.46. The maximum Gasteiger partial charge on any atom is 0.271 e. The average molecular weight is 320 g/mol. The highest BCUT2D eigenvalue weighted by molar-refractivity contribution is 6.76. The highest BCUT2D eigenvalue weighted by Gasteiger charge is 2.14. The molecule has 0 atom stereocenters. The molecule has 0 spiro atoms. The maximum atomic E-state index is 11.1. The number of aldehydes is 1. The number of nitrogens with zero attached hydrogens (tertiary/aromatic N) is 2. The van der Waals surface area contributed by atoms with Crippen LogP contribution in [-0.2, 0) is 11.5 Å². The molecule has 1 aromatic heterocycles. The zero-order chi connectivity index (χ0) is 16.3. The number of aromatic nitrogens is 1. The number of non-ortho nitro benzene ring substituents is 1. The van der Waals surface area contributed by atoms with Crippen molar-refractivity contribution < 1.29 is 14.5 Å². The minimum absolute atomic E-state index is 0.00592. The van der Waals surface area contributed by atoms with Gasteiger partial charge in [0, 0.05) is 44.0 Å². The molecule has 2 aromatic rings. The molecule has 1 heterocycles. The van der Waals surface area contributed by atoms with Gasteiger partial charge in [-0.2, -0.15) is 0 Å². The molecule has 0 saturated carbocycles. The van der Waals surface area contributed by atoms with E-state index in [-0.39, 0.29) is 12.4 Å². The Morgan fingerprint density at radius 1 is 1.36 bits per heavy atom. The van der Waals surface area contributed by atoms with Crippen molar-refractivity contribution in [3.05, 3.63) is 40.1 Å². The first-order valence-electron chi connectivity index (χ1n) is 7.12. The number of fused-ring (bicyclic) bond motifs is 1. The Hall–Kier alpha value is -1.99. The summed E-state index contributed by atoms with van der Waals surface area (Å²) in [6.07, 6.45) is 2.43. The highest BCUT2D eigenvalue weighted by atomic mass is 28.3. The number of rotatable bonds is 7. The smallest absolute Gasteiger partial charge is 0.271 e. The van der Waals surface area contributed by atoms with Gasteiger partial charge in [0.25, 0.3) is 5.69 Å². The molecular formula is C15H20N2O4Si. The van der Waals surface area contributed by atoms with Crippen molar-refractivity contribution >= 4 is 31.0 Å². The van der Waals surface area contributed by atoms with Crippen LogP contribution in [0.4, 0.5) is 5.69 Å². The fourth-order valence-corrected chi connectivity index (χ4v) is 2.92. The molecule has 118 valence electrons. The quantitative estimate of drug-likeness (QED) is 0.256. The topological polar surface area (TPSA) is 74.4 Å². The fraction of sp³-hybridized carbons (Fsp3) is 0.400. The van der Waals surface area contributed by atoms with Crippen LogP contribution in [0.5, 0.6) is 0 Å². The molecule has 0 aliphatic rings. The Morgan fingerprint density at radius 3 is 2.68 bits per heavy atom. The van der Waals surface area contributed by atoms with Gasteiger partial charge in [-0.1, -0.05) is 19.6 Å². The van der Waals surface area contributed by atoms with Crippen LogP contribution in [0.1, 0.15) is 10.4 Å². The summed E-state index contributed by atoms with van der Waals surface area (Å²) in [4.78, 5) is 21.6. The molecule has 0 bridgehead atoms. The van der Waals surface area contributed by atoms with Crippen LogP contribution in [0, 0.1) is 10.1 Å². The van der Waals surface area contributed by atoms with Crippen LogP contribution in [-0.4, -0.2) is 30.5 Å². The monoisotopic (exact) mass is 320 g/mol. The summed E-state index contributed by atoms with van der Waals surface area (Å²) in [7, 11) is -1.15. The SMILES string of the molecule is C[Si](C)(C)CCOCn1cc(C=O)c2ccc([N+](=O)[O-])cc21. The Labute approximate surface area is 129 Å². The van der Waals surface area contributed by atoms with Crippen molar-refractivity contribution in [3.8, 4) is 0 Å². The van der Waals surface area contributed by atoms with Gasteiger partial charge in [0.2, 0.25) is 0 Å². The zero-order valence-corrected chi connectivity index (χ0v) is 14.0. The van der Waals surface area contributed by atoms with E-state index < -0.39 is 13.0 Å². The molecule has 1 aromatic carbocycles. The molecule has 0 fully saturated rings. The lowest BCUT2D eigenvalue weighted by Crippen LogP contribution is -2.21. The van der Waals surface area contributed by atoms with Crippen LogP contribution in [0.3, 0.4) is 0 Å². The van der Waals surface area contributed by atoms with E-state index in [1.54, 1.807) is 16.8 Å². The molecule has 6 nitrogen and oxygen atoms in total. The van der Waals surface area contributed by atoms with Gasteiger partial charge < -0.3 is 9.30 Å². The summed E-state index contributed by atoms with van der Waals surface area (Å²) in [6, 6.07) is 5.54. The largest absolute Gasteiger partial charge is 0.361 e. The van der Waals surface area contributed by atoms with Gasteiger partial charge in [-0.3, -0.25) is 14.9 Å². The molecule has 0 N–H and O–H groups in total. The Bertz CT molecular complexity index is 703. The number of hydrogen-bond donors (Lipinski definition) is 0. The van der Waals surface area contributed by atoms with Crippen molar-refractivity contribution in [2.45, 2.75) is 32.4 Å². The summed E-state index contributed by atoms with van der Waals surface area (Å²) in [5.74, 6) is 0. The van der Waals surface area contributed by atoms with E-state index in [9.17, 15) is 14.9 Å². The third kappa shape index (κ3) is 3.80. The molecule has 0 amide bonds. The van der Waals surface area contributed by atoms with E-state index in [0.717, 1.165) is 12.3 Å². The van der Waals surface area contributed by atoms with Crippen molar-refractivity contribution in [2.75, 3.05) is 6.61 Å². The molecule has 0 aliphatic carbocycles. The van der Waals surface area contributed by atoms with Gasteiger partial charge in [-0.25, -0.2) is 0 Å². The van der Waals surface area contributed by atoms with Crippen molar-refractivity contribution in [2.24, 2.45) is 0 Å². The van der Waals surface area contributed by atoms with E-state index in [1.807, 2.05) is 0 Å². The van der Waals surface area contributed by atoms with Gasteiger partial charge in [0.15, 0.2) is 6.29 Å². The van der Waals surface area contributed by atoms with Crippen LogP contribution in [0.25, 0.3) is 10.9 Å². The molecular weight excluding hydrogens is 300 g/mol. The summed E-state index contributed by atoms with van der Waals surface area (Å²) in [5.41, 5.74) is 1.16. The maximum absolute atomic E-state index is 11.1. The summed E-state index contributed by atoms with van der Waals surface area (Å²) >= 11 is 0. The van der Waals surface area contributed by atoms with Crippen LogP contribution >= 0.6 is 0 Å². The molecule has 0 unspecified atom stereocenters. The first kappa shape index (κ1) is 16.4. The first-order chi connectivity index (χ1) is 10.3. The number of hydrogen-bond acceptors (Lipinski definition) is 4. The van der Waals surface area contributed by atoms with Gasteiger partial charge in [-0.15, -0.1) is 0 Å². The van der Waals surface area contributed by atoms with Gasteiger partial charge in [0.05, 0.1) is 10.4 Å². The van der Waals surface area contributed by atoms with Gasteiger partial charge >= 0.3 is 0 Å². The number of ether oxygens (including phenoxy) is 1. The van der Waals surface area contributed by atoms with Crippen LogP contribution < -0.4 is 0 Å². The standard InChI is InChI=1S/C15H20N2O4Si/c1-22(2,3)7-6-21-11-16-9-12(10-18)14-5-4-13(17(19)20)8-15(14)16/h4-5,8-10H,6-7,11H2,1-3H3. The first-order valence-corrected chi connectivity index (χ1v) is 10.8. The Balaban J connectivity index is 2.22. The number of carbonyl (C=O) groups is 1. The number of nitro benzene ring substituents is 1. The van der Waals surface area contributed by atoms with E-state index in [2.05, 4.69) is 19.6 Å². The van der Waals surface area contributed by atoms with Gasteiger partial charge in [0.1, 0.15) is 6.73 Å². The van der Waals surface area contributed by atoms with E-state index in [4.69, 9.17) is 4.74 Å². The lowest BCUT2D eigenvalue weighted by Gasteiger charge is -2.15. The van der Waals surface area contributed by atoms with Crippen LogP contribution in [0.15, 0.2) is 24.4 Å². The molecule has 22 heavy (non-hydrogen) atoms. The number of benzene rings is 1. The predicted molar refractivity (Wildman–Crippen MR) is 88.1 cm³/mol. The normalized spacial score (nSPS) is 11.8. The number of nitro groups is 1. The molecule has 0 saturated heterocycles. The Kier molecular flexibility index (Phi) is 4.77. The predicted octanol–water partition coefficient (Wildman–Crippen LogP) is 3.67. The molecule has 0 radical (unpaired) electrons. The second-order valence-electron chi connectivity index (χ2n) is 6.48. The lowest BCUT2D eigenvalue weighted by atomic mass is 10.2. The molecule has 2 rings (SSSR count). The van der Waals surface area contributed by atoms with Crippen molar-refractivity contribution in [1.29, 1.82) is 0 Å². The Morgan fingerprint density at radius 2 is 2.09 bits per heavy atom. The zero-order valence-electron chi connectivity index (χ0n) is 13.0. The lowest BCUT2D eigenvalue weighted by molar-refractivity contribution is -0.384. The van der Waals surface area contributed by atoms with Crippen molar-refractivity contribution in [1.82, 2.24) is 4.57 Å². The fourth-order valence-electron chi connectivity index (χ4n) is 2.16. The molecule has 7 heteroatoms.